The number of carbonyl (C=O) groups excluding carboxylic acids is 1. The van der Waals surface area contributed by atoms with Crippen molar-refractivity contribution in [2.75, 3.05) is 0 Å². The van der Waals surface area contributed by atoms with Crippen molar-refractivity contribution in [3.05, 3.63) is 71.8 Å². The molecule has 0 radical (unpaired) electrons. The highest BCUT2D eigenvalue weighted by molar-refractivity contribution is 5.84. The van der Waals surface area contributed by atoms with Crippen LogP contribution in [-0.4, -0.2) is 5.91 Å². The molecule has 1 atom stereocenters. The van der Waals surface area contributed by atoms with Gasteiger partial charge < -0.3 is 10.5 Å². The molecule has 0 heterocycles. The Morgan fingerprint density at radius 3 is 2.11 bits per heavy atom. The zero-order valence-corrected chi connectivity index (χ0v) is 10.9. The van der Waals surface area contributed by atoms with E-state index in [0.29, 0.717) is 6.61 Å². The van der Waals surface area contributed by atoms with Crippen LogP contribution < -0.4 is 5.73 Å². The SMILES string of the molecule is C[C@@](OCc1ccccc1)(C(N)=O)c1ccccc1. The van der Waals surface area contributed by atoms with Crippen molar-refractivity contribution in [3.8, 4) is 0 Å². The van der Waals surface area contributed by atoms with E-state index in [0.717, 1.165) is 11.1 Å². The minimum atomic E-state index is -1.11. The van der Waals surface area contributed by atoms with Gasteiger partial charge in [-0.2, -0.15) is 0 Å². The molecule has 0 unspecified atom stereocenters. The summed E-state index contributed by atoms with van der Waals surface area (Å²) in [6.07, 6.45) is 0. The maximum absolute atomic E-state index is 11.7. The molecular formula is C16H17NO2. The van der Waals surface area contributed by atoms with Gasteiger partial charge in [-0.1, -0.05) is 60.7 Å². The molecular weight excluding hydrogens is 238 g/mol. The van der Waals surface area contributed by atoms with Crippen molar-refractivity contribution in [1.82, 2.24) is 0 Å². The normalized spacial score (nSPS) is 13.7. The molecule has 0 saturated carbocycles. The van der Waals surface area contributed by atoms with Gasteiger partial charge in [-0.3, -0.25) is 4.79 Å². The van der Waals surface area contributed by atoms with Crippen LogP contribution in [0, 0.1) is 0 Å². The molecule has 2 rings (SSSR count). The molecule has 19 heavy (non-hydrogen) atoms. The first-order valence-corrected chi connectivity index (χ1v) is 6.16. The molecule has 0 spiro atoms. The van der Waals surface area contributed by atoms with Crippen LogP contribution in [0.25, 0.3) is 0 Å². The number of carbonyl (C=O) groups is 1. The summed E-state index contributed by atoms with van der Waals surface area (Å²) in [5, 5.41) is 0. The molecule has 0 fully saturated rings. The van der Waals surface area contributed by atoms with Crippen LogP contribution in [0.1, 0.15) is 18.1 Å². The first-order valence-electron chi connectivity index (χ1n) is 6.16. The highest BCUT2D eigenvalue weighted by atomic mass is 16.5. The van der Waals surface area contributed by atoms with Crippen molar-refractivity contribution in [3.63, 3.8) is 0 Å². The predicted molar refractivity (Wildman–Crippen MR) is 74.2 cm³/mol. The number of nitrogens with two attached hydrogens (primary N) is 1. The van der Waals surface area contributed by atoms with Crippen molar-refractivity contribution in [2.24, 2.45) is 5.73 Å². The Balaban J connectivity index is 2.19. The summed E-state index contributed by atoms with van der Waals surface area (Å²) in [7, 11) is 0. The molecule has 3 nitrogen and oxygen atoms in total. The monoisotopic (exact) mass is 255 g/mol. The van der Waals surface area contributed by atoms with E-state index in [-0.39, 0.29) is 0 Å². The van der Waals surface area contributed by atoms with Crippen LogP contribution in [-0.2, 0) is 21.7 Å². The number of ether oxygens (including phenoxy) is 1. The molecule has 2 aromatic rings. The number of benzene rings is 2. The first kappa shape index (κ1) is 13.3. The lowest BCUT2D eigenvalue weighted by Gasteiger charge is -2.27. The smallest absolute Gasteiger partial charge is 0.254 e. The van der Waals surface area contributed by atoms with E-state index in [9.17, 15) is 4.79 Å². The Morgan fingerprint density at radius 2 is 1.58 bits per heavy atom. The van der Waals surface area contributed by atoms with Gasteiger partial charge in [0.1, 0.15) is 0 Å². The zero-order valence-electron chi connectivity index (χ0n) is 10.9. The summed E-state index contributed by atoms with van der Waals surface area (Å²) in [5.41, 5.74) is 6.16. The molecule has 3 heteroatoms. The third-order valence-electron chi connectivity index (χ3n) is 3.17. The first-order chi connectivity index (χ1) is 9.13. The number of primary amides is 1. The fraction of sp³-hybridized carbons (Fsp3) is 0.188. The van der Waals surface area contributed by atoms with Crippen LogP contribution in [0.3, 0.4) is 0 Å². The standard InChI is InChI=1S/C16H17NO2/c1-16(15(17)18,14-10-6-3-7-11-14)19-12-13-8-4-2-5-9-13/h2-11H,12H2,1H3,(H2,17,18)/t16-/m0/s1. The van der Waals surface area contributed by atoms with E-state index in [1.165, 1.54) is 0 Å². The van der Waals surface area contributed by atoms with Gasteiger partial charge in [0, 0.05) is 0 Å². The molecule has 0 aliphatic heterocycles. The van der Waals surface area contributed by atoms with Crippen molar-refractivity contribution >= 4 is 5.91 Å². The second-order valence-corrected chi connectivity index (χ2v) is 4.54. The van der Waals surface area contributed by atoms with Crippen LogP contribution in [0.2, 0.25) is 0 Å². The minimum absolute atomic E-state index is 0.342. The topological polar surface area (TPSA) is 52.3 Å². The van der Waals surface area contributed by atoms with Crippen LogP contribution in [0.4, 0.5) is 0 Å². The second kappa shape index (κ2) is 5.67. The predicted octanol–water partition coefficient (Wildman–Crippen LogP) is 2.60. The summed E-state index contributed by atoms with van der Waals surface area (Å²) >= 11 is 0. The van der Waals surface area contributed by atoms with Gasteiger partial charge in [-0.05, 0) is 18.1 Å². The van der Waals surface area contributed by atoms with E-state index in [1.54, 1.807) is 6.92 Å². The summed E-state index contributed by atoms with van der Waals surface area (Å²) in [4.78, 5) is 11.7. The lowest BCUT2D eigenvalue weighted by molar-refractivity contribution is -0.144. The van der Waals surface area contributed by atoms with Gasteiger partial charge in [0.05, 0.1) is 6.61 Å². The highest BCUT2D eigenvalue weighted by Gasteiger charge is 2.34. The van der Waals surface area contributed by atoms with Crippen molar-refractivity contribution < 1.29 is 9.53 Å². The molecule has 2 N–H and O–H groups in total. The Kier molecular flexibility index (Phi) is 3.97. The van der Waals surface area contributed by atoms with E-state index in [2.05, 4.69) is 0 Å². The van der Waals surface area contributed by atoms with Gasteiger partial charge >= 0.3 is 0 Å². The maximum atomic E-state index is 11.7. The maximum Gasteiger partial charge on any atom is 0.254 e. The highest BCUT2D eigenvalue weighted by Crippen LogP contribution is 2.26. The summed E-state index contributed by atoms with van der Waals surface area (Å²) in [6.45, 7) is 2.04. The summed E-state index contributed by atoms with van der Waals surface area (Å²) < 4.78 is 5.79. The van der Waals surface area contributed by atoms with Gasteiger partial charge in [0.15, 0.2) is 5.60 Å². The third-order valence-corrected chi connectivity index (χ3v) is 3.17. The Hall–Kier alpha value is -2.13. The van der Waals surface area contributed by atoms with Crippen LogP contribution in [0.5, 0.6) is 0 Å². The molecule has 2 aromatic carbocycles. The van der Waals surface area contributed by atoms with E-state index in [1.807, 2.05) is 60.7 Å². The molecule has 0 aliphatic carbocycles. The van der Waals surface area contributed by atoms with Gasteiger partial charge in [0.25, 0.3) is 5.91 Å². The van der Waals surface area contributed by atoms with Gasteiger partial charge in [-0.25, -0.2) is 0 Å². The van der Waals surface area contributed by atoms with Crippen molar-refractivity contribution in [1.29, 1.82) is 0 Å². The average molecular weight is 255 g/mol. The Labute approximate surface area is 113 Å². The molecule has 0 aliphatic rings. The molecule has 98 valence electrons. The minimum Gasteiger partial charge on any atom is -0.367 e. The number of hydrogen-bond acceptors (Lipinski definition) is 2. The summed E-state index contributed by atoms with van der Waals surface area (Å²) in [6, 6.07) is 19.0. The second-order valence-electron chi connectivity index (χ2n) is 4.54. The van der Waals surface area contributed by atoms with Gasteiger partial charge in [0.2, 0.25) is 0 Å². The van der Waals surface area contributed by atoms with Crippen LogP contribution in [0.15, 0.2) is 60.7 Å². The van der Waals surface area contributed by atoms with Gasteiger partial charge in [-0.15, -0.1) is 0 Å². The Bertz CT molecular complexity index is 539. The fourth-order valence-corrected chi connectivity index (χ4v) is 1.85. The zero-order chi connectivity index (χ0) is 13.7. The molecule has 0 aromatic heterocycles. The number of rotatable bonds is 5. The molecule has 1 amide bonds. The lowest BCUT2D eigenvalue weighted by Crippen LogP contribution is -2.40. The van der Waals surface area contributed by atoms with E-state index >= 15 is 0 Å². The van der Waals surface area contributed by atoms with Crippen molar-refractivity contribution in [2.45, 2.75) is 19.1 Å². The third kappa shape index (κ3) is 3.01. The fourth-order valence-electron chi connectivity index (χ4n) is 1.85. The van der Waals surface area contributed by atoms with E-state index in [4.69, 9.17) is 10.5 Å². The van der Waals surface area contributed by atoms with E-state index < -0.39 is 11.5 Å². The summed E-state index contributed by atoms with van der Waals surface area (Å²) in [5.74, 6) is -0.491. The molecule has 0 saturated heterocycles. The number of amides is 1. The van der Waals surface area contributed by atoms with Crippen LogP contribution >= 0.6 is 0 Å². The lowest BCUT2D eigenvalue weighted by atomic mass is 9.95. The largest absolute Gasteiger partial charge is 0.367 e. The quantitative estimate of drug-likeness (QED) is 0.892. The number of hydrogen-bond donors (Lipinski definition) is 1. The average Bonchev–Trinajstić information content (AvgIpc) is 2.46. The Morgan fingerprint density at radius 1 is 1.05 bits per heavy atom. The molecule has 0 bridgehead atoms.